The van der Waals surface area contributed by atoms with Crippen LogP contribution in [-0.2, 0) is 30.6 Å². The van der Waals surface area contributed by atoms with Crippen LogP contribution in [0.5, 0.6) is 0 Å². The summed E-state index contributed by atoms with van der Waals surface area (Å²) in [5, 5.41) is 20.6. The van der Waals surface area contributed by atoms with Crippen molar-refractivity contribution in [1.82, 2.24) is 20.9 Å². The number of para-hydroxylation sites is 1. The smallest absolute Gasteiger partial charge is 0.408 e. The molecular weight excluding hydrogens is 572 g/mol. The first kappa shape index (κ1) is 30.7. The maximum Gasteiger partial charge on any atom is 0.408 e. The molecule has 2 aromatic carbocycles. The monoisotopic (exact) mass is 613 g/mol. The summed E-state index contributed by atoms with van der Waals surface area (Å²) < 4.78 is 6.13. The highest BCUT2D eigenvalue weighted by Crippen LogP contribution is 2.54. The summed E-state index contributed by atoms with van der Waals surface area (Å²) in [6, 6.07) is 16.3. The second kappa shape index (κ2) is 12.9. The van der Waals surface area contributed by atoms with E-state index in [2.05, 4.69) is 20.9 Å². The van der Waals surface area contributed by atoms with Crippen LogP contribution >= 0.6 is 0 Å². The molecule has 237 valence electrons. The van der Waals surface area contributed by atoms with Crippen LogP contribution < -0.4 is 16.0 Å². The van der Waals surface area contributed by atoms with Gasteiger partial charge in [0.2, 0.25) is 11.8 Å². The Bertz CT molecular complexity index is 1530. The second-order valence-corrected chi connectivity index (χ2v) is 13.4. The first-order valence-corrected chi connectivity index (χ1v) is 16.0. The summed E-state index contributed by atoms with van der Waals surface area (Å²) >= 11 is 0. The molecule has 4 N–H and O–H groups in total. The minimum Gasteiger partial charge on any atom is -0.446 e. The van der Waals surface area contributed by atoms with Crippen molar-refractivity contribution < 1.29 is 29.0 Å². The quantitative estimate of drug-likeness (QED) is 0.233. The molecule has 45 heavy (non-hydrogen) atoms. The third-order valence-electron chi connectivity index (χ3n) is 10.0. The van der Waals surface area contributed by atoms with Crippen LogP contribution in [0.1, 0.15) is 69.0 Å². The Balaban J connectivity index is 1.19. The molecule has 3 amide bonds. The number of hydrogen-bond acceptors (Lipinski definition) is 5. The first-order valence-electron chi connectivity index (χ1n) is 16.0. The number of hydrogen-bond donors (Lipinski definition) is 4. The molecule has 4 saturated carbocycles. The summed E-state index contributed by atoms with van der Waals surface area (Å²) in [6.07, 6.45) is 6.41. The van der Waals surface area contributed by atoms with Gasteiger partial charge in [-0.05, 0) is 79.9 Å². The first-order chi connectivity index (χ1) is 21.7. The zero-order valence-corrected chi connectivity index (χ0v) is 25.6. The van der Waals surface area contributed by atoms with Crippen molar-refractivity contribution in [3.8, 4) is 0 Å². The Morgan fingerprint density at radius 1 is 0.911 bits per heavy atom. The van der Waals surface area contributed by atoms with Crippen LogP contribution in [0.2, 0.25) is 0 Å². The minimum atomic E-state index is -1.38. The van der Waals surface area contributed by atoms with E-state index in [1.54, 1.807) is 6.92 Å². The number of carbonyl (C=O) groups is 4. The Hall–Kier alpha value is -4.34. The highest BCUT2D eigenvalue weighted by Gasteiger charge is 2.50. The number of ether oxygens (including phenoxy) is 1. The molecule has 10 heteroatoms. The molecule has 3 aromatic rings. The average molecular weight is 614 g/mol. The van der Waals surface area contributed by atoms with E-state index in [4.69, 9.17) is 4.74 Å². The van der Waals surface area contributed by atoms with Crippen molar-refractivity contribution in [2.24, 2.45) is 23.7 Å². The number of carbonyl (C=O) groups excluding carboxylic acids is 4. The molecule has 0 aliphatic heterocycles. The van der Waals surface area contributed by atoms with Crippen molar-refractivity contribution in [3.05, 3.63) is 71.9 Å². The number of amides is 3. The van der Waals surface area contributed by atoms with Gasteiger partial charge >= 0.3 is 12.1 Å². The molecule has 0 saturated heterocycles. The number of nitrogens with one attached hydrogen (secondary N) is 4. The number of fused-ring (bicyclic) bond motifs is 1. The highest BCUT2D eigenvalue weighted by molar-refractivity contribution is 5.91. The van der Waals surface area contributed by atoms with E-state index < -0.39 is 41.9 Å². The van der Waals surface area contributed by atoms with Gasteiger partial charge in [0.25, 0.3) is 0 Å². The summed E-state index contributed by atoms with van der Waals surface area (Å²) in [5.74, 6) is 0.0374. The molecule has 10 nitrogen and oxygen atoms in total. The lowest BCUT2D eigenvalue weighted by Gasteiger charge is -2.53. The predicted octanol–water partition coefficient (Wildman–Crippen LogP) is 4.73. The highest BCUT2D eigenvalue weighted by atomic mass is 16.6. The van der Waals surface area contributed by atoms with Crippen molar-refractivity contribution in [1.29, 1.82) is 0 Å². The van der Waals surface area contributed by atoms with Gasteiger partial charge in [0.05, 0.1) is 12.5 Å². The van der Waals surface area contributed by atoms with Gasteiger partial charge in [-0.3, -0.25) is 9.59 Å². The molecular formula is C35H41N4O6. The average Bonchev–Trinajstić information content (AvgIpc) is 3.42. The minimum absolute atomic E-state index is 0.0235. The molecule has 4 aliphatic carbocycles. The molecule has 4 bridgehead atoms. The van der Waals surface area contributed by atoms with Crippen LogP contribution in [0, 0.1) is 23.7 Å². The fourth-order valence-corrected chi connectivity index (χ4v) is 8.10. The second-order valence-electron chi connectivity index (χ2n) is 13.4. The van der Waals surface area contributed by atoms with Gasteiger partial charge in [-0.1, -0.05) is 48.5 Å². The number of H-pyrrole nitrogens is 1. The Kier molecular flexibility index (Phi) is 8.83. The molecule has 1 aromatic heterocycles. The predicted molar refractivity (Wildman–Crippen MR) is 166 cm³/mol. The van der Waals surface area contributed by atoms with E-state index in [0.717, 1.165) is 59.5 Å². The van der Waals surface area contributed by atoms with Crippen LogP contribution in [-0.4, -0.2) is 47.0 Å². The molecule has 4 aliphatic rings. The van der Waals surface area contributed by atoms with E-state index in [0.29, 0.717) is 11.8 Å². The summed E-state index contributed by atoms with van der Waals surface area (Å²) in [6.45, 7) is 1.72. The summed E-state index contributed by atoms with van der Waals surface area (Å²) in [7, 11) is 0. The zero-order chi connectivity index (χ0) is 31.6. The van der Waals surface area contributed by atoms with Crippen molar-refractivity contribution >= 4 is 34.8 Å². The van der Waals surface area contributed by atoms with Crippen molar-refractivity contribution in [3.63, 3.8) is 0 Å². The van der Waals surface area contributed by atoms with Crippen molar-refractivity contribution in [2.45, 2.75) is 76.0 Å². The van der Waals surface area contributed by atoms with Crippen molar-refractivity contribution in [2.75, 3.05) is 6.54 Å². The third kappa shape index (κ3) is 7.00. The maximum absolute atomic E-state index is 14.0. The van der Waals surface area contributed by atoms with Gasteiger partial charge in [-0.15, -0.1) is 0 Å². The normalized spacial score (nSPS) is 25.2. The Morgan fingerprint density at radius 2 is 1.58 bits per heavy atom. The van der Waals surface area contributed by atoms with Gasteiger partial charge in [0, 0.05) is 36.5 Å². The van der Waals surface area contributed by atoms with Crippen LogP contribution in [0.15, 0.2) is 60.8 Å². The van der Waals surface area contributed by atoms with E-state index in [1.165, 1.54) is 6.42 Å². The number of aromatic amines is 1. The number of aromatic nitrogens is 1. The number of benzene rings is 2. The molecule has 0 spiro atoms. The van der Waals surface area contributed by atoms with Crippen LogP contribution in [0.4, 0.5) is 4.79 Å². The summed E-state index contributed by atoms with van der Waals surface area (Å²) in [5.41, 5.74) is 1.16. The van der Waals surface area contributed by atoms with Crippen LogP contribution in [0.3, 0.4) is 0 Å². The van der Waals surface area contributed by atoms with Gasteiger partial charge in [-0.2, -0.15) is 0 Å². The van der Waals surface area contributed by atoms with Gasteiger partial charge in [0.15, 0.2) is 0 Å². The molecule has 7 rings (SSSR count). The molecule has 2 unspecified atom stereocenters. The molecule has 4 fully saturated rings. The van der Waals surface area contributed by atoms with Gasteiger partial charge in [-0.25, -0.2) is 14.7 Å². The fourth-order valence-electron chi connectivity index (χ4n) is 8.10. The van der Waals surface area contributed by atoms with E-state index in [9.17, 15) is 24.3 Å². The van der Waals surface area contributed by atoms with E-state index in [1.807, 2.05) is 60.8 Å². The van der Waals surface area contributed by atoms with Gasteiger partial charge in [0.1, 0.15) is 11.6 Å². The van der Waals surface area contributed by atoms with Gasteiger partial charge < -0.3 is 25.7 Å². The number of alkyl carbamates (subject to hydrolysis) is 1. The molecule has 1 radical (unpaired) electrons. The third-order valence-corrected chi connectivity index (χ3v) is 10.0. The summed E-state index contributed by atoms with van der Waals surface area (Å²) in [4.78, 5) is 54.3. The maximum atomic E-state index is 14.0. The topological polar surface area (TPSA) is 149 Å². The van der Waals surface area contributed by atoms with Crippen LogP contribution in [0.25, 0.3) is 10.9 Å². The Morgan fingerprint density at radius 3 is 2.27 bits per heavy atom. The lowest BCUT2D eigenvalue weighted by molar-refractivity contribution is -0.144. The number of rotatable bonds is 12. The lowest BCUT2D eigenvalue weighted by atomic mass is 9.55. The largest absolute Gasteiger partial charge is 0.446 e. The standard InChI is InChI=1S/C35H41N4O6/c1-35(18-26-19-36-28-10-6-5-9-27(26)28,39-34(44)45-32-24-14-21-13-22(16-24)17-25(32)15-21)33(43)37-20-29(23-7-3-2-4-8-23)38-30(40)11-12-31(41)42/h2-10,19,21-22,24-25,29,32,36H,11-18,20H2,1H3,(H,37,43)(H,38,40)(H,39,44). The Labute approximate surface area is 262 Å². The lowest BCUT2D eigenvalue weighted by Crippen LogP contribution is -2.60. The SMILES string of the molecule is CC(Cc1c[nH]c2ccccc12)(NC(=O)OC1C2CC3CC(C2)CC1C3)C(=O)NCC(NC(=O)CCC([O])=O)c1ccccc1. The van der Waals surface area contributed by atoms with E-state index in [-0.39, 0.29) is 25.5 Å². The molecule has 2 atom stereocenters. The zero-order valence-electron chi connectivity index (χ0n) is 25.6. The van der Waals surface area contributed by atoms with E-state index >= 15 is 0 Å². The molecule has 1 heterocycles. The fraction of sp³-hybridized carbons (Fsp3) is 0.486.